The first-order chi connectivity index (χ1) is 6.19. The van der Waals surface area contributed by atoms with E-state index >= 15 is 0 Å². The molecule has 0 aliphatic heterocycles. The maximum absolute atomic E-state index is 12.3. The van der Waals surface area contributed by atoms with Crippen LogP contribution in [0.4, 0.5) is 4.39 Å². The average molecular weight is 183 g/mol. The average Bonchev–Trinajstić information content (AvgIpc) is 2.16. The third-order valence-electron chi connectivity index (χ3n) is 2.04. The first kappa shape index (κ1) is 9.99. The van der Waals surface area contributed by atoms with Gasteiger partial charge in [0.05, 0.1) is 13.2 Å². The zero-order valence-electron chi connectivity index (χ0n) is 7.88. The molecular formula is C10H14FNO. The molecule has 3 heteroatoms. The van der Waals surface area contributed by atoms with Gasteiger partial charge in [0.25, 0.3) is 0 Å². The summed E-state index contributed by atoms with van der Waals surface area (Å²) in [7, 11) is 1.60. The second-order valence-electron chi connectivity index (χ2n) is 2.98. The molecule has 0 bridgehead atoms. The largest absolute Gasteiger partial charge is 0.497 e. The molecule has 0 fully saturated rings. The summed E-state index contributed by atoms with van der Waals surface area (Å²) in [5.41, 5.74) is 7.37. The van der Waals surface area contributed by atoms with Crippen LogP contribution in [0.5, 0.6) is 5.75 Å². The van der Waals surface area contributed by atoms with Crippen LogP contribution < -0.4 is 10.5 Å². The quantitative estimate of drug-likeness (QED) is 0.777. The summed E-state index contributed by atoms with van der Waals surface area (Å²) in [5.74, 6) is 0.771. The first-order valence-corrected chi connectivity index (χ1v) is 4.15. The number of benzene rings is 1. The number of ether oxygens (including phenoxy) is 1. The Labute approximate surface area is 77.5 Å². The summed E-state index contributed by atoms with van der Waals surface area (Å²) in [6.07, 6.45) is 0. The molecule has 0 heterocycles. The van der Waals surface area contributed by atoms with Crippen LogP contribution in [0.15, 0.2) is 18.2 Å². The zero-order chi connectivity index (χ0) is 9.84. The van der Waals surface area contributed by atoms with Gasteiger partial charge in [-0.3, -0.25) is 0 Å². The van der Waals surface area contributed by atoms with Crippen molar-refractivity contribution in [3.05, 3.63) is 29.3 Å². The molecule has 1 aromatic carbocycles. The van der Waals surface area contributed by atoms with Crippen molar-refractivity contribution in [1.82, 2.24) is 0 Å². The fourth-order valence-electron chi connectivity index (χ4n) is 1.27. The highest BCUT2D eigenvalue weighted by atomic mass is 19.1. The van der Waals surface area contributed by atoms with Crippen LogP contribution in [0.3, 0.4) is 0 Å². The molecule has 13 heavy (non-hydrogen) atoms. The molecule has 1 aromatic rings. The number of nitrogens with two attached hydrogens (primary N) is 1. The van der Waals surface area contributed by atoms with Gasteiger partial charge in [-0.1, -0.05) is 6.07 Å². The highest BCUT2D eigenvalue weighted by Crippen LogP contribution is 2.21. The van der Waals surface area contributed by atoms with Gasteiger partial charge in [0.1, 0.15) is 12.4 Å². The van der Waals surface area contributed by atoms with E-state index in [1.165, 1.54) is 0 Å². The van der Waals surface area contributed by atoms with Gasteiger partial charge in [0.2, 0.25) is 0 Å². The van der Waals surface area contributed by atoms with E-state index in [4.69, 9.17) is 10.5 Å². The van der Waals surface area contributed by atoms with E-state index in [9.17, 15) is 4.39 Å². The highest BCUT2D eigenvalue weighted by Gasteiger charge is 2.08. The number of alkyl halides is 1. The van der Waals surface area contributed by atoms with Crippen LogP contribution in [0.25, 0.3) is 0 Å². The molecular weight excluding hydrogens is 169 g/mol. The number of methoxy groups -OCH3 is 1. The number of rotatable bonds is 3. The summed E-state index contributed by atoms with van der Waals surface area (Å²) in [6, 6.07) is 4.92. The summed E-state index contributed by atoms with van der Waals surface area (Å²) < 4.78 is 17.3. The van der Waals surface area contributed by atoms with E-state index in [1.54, 1.807) is 19.2 Å². The zero-order valence-corrected chi connectivity index (χ0v) is 7.88. The molecule has 0 saturated carbocycles. The van der Waals surface area contributed by atoms with Gasteiger partial charge in [0.15, 0.2) is 0 Å². The lowest BCUT2D eigenvalue weighted by Gasteiger charge is -2.11. The predicted molar refractivity (Wildman–Crippen MR) is 50.6 cm³/mol. The molecule has 1 rings (SSSR count). The summed E-state index contributed by atoms with van der Waals surface area (Å²) in [6.45, 7) is 1.36. The maximum atomic E-state index is 12.3. The second kappa shape index (κ2) is 4.23. The molecule has 0 unspecified atom stereocenters. The third-order valence-corrected chi connectivity index (χ3v) is 2.04. The van der Waals surface area contributed by atoms with Gasteiger partial charge in [-0.05, 0) is 30.2 Å². The fraction of sp³-hybridized carbons (Fsp3) is 0.400. The Morgan fingerprint density at radius 1 is 1.54 bits per heavy atom. The van der Waals surface area contributed by atoms with Crippen LogP contribution in [0.1, 0.15) is 17.2 Å². The van der Waals surface area contributed by atoms with E-state index in [2.05, 4.69) is 0 Å². The molecule has 0 radical (unpaired) electrons. The van der Waals surface area contributed by atoms with Crippen molar-refractivity contribution in [1.29, 1.82) is 0 Å². The van der Waals surface area contributed by atoms with Crippen molar-refractivity contribution < 1.29 is 9.13 Å². The van der Waals surface area contributed by atoms with Gasteiger partial charge >= 0.3 is 0 Å². The number of hydrogen-bond donors (Lipinski definition) is 1. The topological polar surface area (TPSA) is 35.2 Å². The minimum Gasteiger partial charge on any atom is -0.497 e. The Kier molecular flexibility index (Phi) is 3.25. The van der Waals surface area contributed by atoms with Gasteiger partial charge in [-0.2, -0.15) is 0 Å². The van der Waals surface area contributed by atoms with Crippen LogP contribution in [-0.4, -0.2) is 13.8 Å². The molecule has 2 nitrogen and oxygen atoms in total. The molecule has 0 aliphatic rings. The Morgan fingerprint density at radius 3 is 2.69 bits per heavy atom. The molecule has 0 aliphatic carbocycles. The van der Waals surface area contributed by atoms with Gasteiger partial charge in [0, 0.05) is 0 Å². The Balaban J connectivity index is 2.98. The van der Waals surface area contributed by atoms with Gasteiger partial charge < -0.3 is 10.5 Å². The van der Waals surface area contributed by atoms with Crippen molar-refractivity contribution in [2.24, 2.45) is 5.73 Å². The van der Waals surface area contributed by atoms with E-state index in [0.29, 0.717) is 0 Å². The lowest BCUT2D eigenvalue weighted by molar-refractivity contribution is 0.412. The summed E-state index contributed by atoms with van der Waals surface area (Å²) in [4.78, 5) is 0. The third kappa shape index (κ3) is 2.18. The maximum Gasteiger partial charge on any atom is 0.119 e. The molecule has 0 spiro atoms. The minimum atomic E-state index is -0.535. The molecule has 0 saturated heterocycles. The Morgan fingerprint density at radius 2 is 2.23 bits per heavy atom. The standard InChI is InChI=1S/C10H14FNO/c1-7-5-8(13-2)3-4-9(7)10(12)6-11/h3-5,10H,6,12H2,1-2H3/t10-/m0/s1. The number of aryl methyl sites for hydroxylation is 1. The minimum absolute atomic E-state index is 0.522. The first-order valence-electron chi connectivity index (χ1n) is 4.15. The monoisotopic (exact) mass is 183 g/mol. The van der Waals surface area contributed by atoms with Crippen LogP contribution >= 0.6 is 0 Å². The van der Waals surface area contributed by atoms with E-state index in [0.717, 1.165) is 16.9 Å². The number of hydrogen-bond acceptors (Lipinski definition) is 2. The van der Waals surface area contributed by atoms with Crippen molar-refractivity contribution in [3.63, 3.8) is 0 Å². The number of halogens is 1. The lowest BCUT2D eigenvalue weighted by Crippen LogP contribution is -2.13. The van der Waals surface area contributed by atoms with Crippen molar-refractivity contribution in [2.75, 3.05) is 13.8 Å². The molecule has 2 N–H and O–H groups in total. The molecule has 72 valence electrons. The molecule has 0 amide bonds. The Hall–Kier alpha value is -1.09. The highest BCUT2D eigenvalue weighted by molar-refractivity contribution is 5.36. The lowest BCUT2D eigenvalue weighted by atomic mass is 10.0. The van der Waals surface area contributed by atoms with E-state index < -0.39 is 12.7 Å². The van der Waals surface area contributed by atoms with E-state index in [-0.39, 0.29) is 0 Å². The second-order valence-corrected chi connectivity index (χ2v) is 2.98. The van der Waals surface area contributed by atoms with Gasteiger partial charge in [-0.25, -0.2) is 4.39 Å². The summed E-state index contributed by atoms with van der Waals surface area (Å²) in [5, 5.41) is 0. The summed E-state index contributed by atoms with van der Waals surface area (Å²) >= 11 is 0. The van der Waals surface area contributed by atoms with E-state index in [1.807, 2.05) is 13.0 Å². The van der Waals surface area contributed by atoms with Crippen LogP contribution in [0, 0.1) is 6.92 Å². The van der Waals surface area contributed by atoms with Crippen LogP contribution in [0.2, 0.25) is 0 Å². The van der Waals surface area contributed by atoms with Gasteiger partial charge in [-0.15, -0.1) is 0 Å². The SMILES string of the molecule is COc1ccc([C@@H](N)CF)c(C)c1. The van der Waals surface area contributed by atoms with Crippen molar-refractivity contribution in [2.45, 2.75) is 13.0 Å². The normalized spacial score (nSPS) is 12.6. The van der Waals surface area contributed by atoms with Crippen molar-refractivity contribution in [3.8, 4) is 5.75 Å². The Bertz CT molecular complexity index is 288. The van der Waals surface area contributed by atoms with Crippen LogP contribution in [-0.2, 0) is 0 Å². The smallest absolute Gasteiger partial charge is 0.119 e. The predicted octanol–water partition coefficient (Wildman–Crippen LogP) is 1.97. The fourth-order valence-corrected chi connectivity index (χ4v) is 1.27. The van der Waals surface area contributed by atoms with Crippen molar-refractivity contribution >= 4 is 0 Å². The molecule has 1 atom stereocenters. The molecule has 0 aromatic heterocycles.